The van der Waals surface area contributed by atoms with E-state index in [1.165, 1.54) is 11.3 Å². The van der Waals surface area contributed by atoms with Crippen molar-refractivity contribution in [2.24, 2.45) is 0 Å². The summed E-state index contributed by atoms with van der Waals surface area (Å²) < 4.78 is 1.65. The van der Waals surface area contributed by atoms with Crippen molar-refractivity contribution in [3.05, 3.63) is 69.1 Å². The number of carbonyl (C=O) groups is 1. The van der Waals surface area contributed by atoms with Gasteiger partial charge in [-0.05, 0) is 26.3 Å². The Hall–Kier alpha value is -2.51. The molecule has 1 aromatic carbocycles. The van der Waals surface area contributed by atoms with Crippen LogP contribution in [0, 0.1) is 6.92 Å². The largest absolute Gasteiger partial charge is 0.339 e. The van der Waals surface area contributed by atoms with E-state index in [0.717, 1.165) is 35.0 Å². The van der Waals surface area contributed by atoms with Crippen LogP contribution in [0.25, 0.3) is 4.96 Å². The van der Waals surface area contributed by atoms with Crippen molar-refractivity contribution >= 4 is 22.2 Å². The normalized spacial score (nSPS) is 15.8. The third-order valence-corrected chi connectivity index (χ3v) is 6.65. The first-order valence-electron chi connectivity index (χ1n) is 9.90. The molecule has 2 aromatic heterocycles. The summed E-state index contributed by atoms with van der Waals surface area (Å²) in [5, 5.41) is 1.95. The van der Waals surface area contributed by atoms with Crippen molar-refractivity contribution < 1.29 is 4.79 Å². The summed E-state index contributed by atoms with van der Waals surface area (Å²) in [7, 11) is 0. The van der Waals surface area contributed by atoms with E-state index in [1.54, 1.807) is 10.5 Å². The number of thiazole rings is 1. The Labute approximate surface area is 174 Å². The fraction of sp³-hybridized carbons (Fsp3) is 0.409. The lowest BCUT2D eigenvalue weighted by atomic mass is 9.83. The maximum absolute atomic E-state index is 13.1. The van der Waals surface area contributed by atoms with Gasteiger partial charge in [0, 0.05) is 49.9 Å². The number of aromatic nitrogens is 2. The fourth-order valence-electron chi connectivity index (χ4n) is 3.89. The Balaban J connectivity index is 1.41. The summed E-state index contributed by atoms with van der Waals surface area (Å²) >= 11 is 1.49. The van der Waals surface area contributed by atoms with Gasteiger partial charge >= 0.3 is 0 Å². The van der Waals surface area contributed by atoms with Crippen molar-refractivity contribution in [3.8, 4) is 0 Å². The smallest absolute Gasteiger partial charge is 0.259 e. The molecule has 1 fully saturated rings. The summed E-state index contributed by atoms with van der Waals surface area (Å²) in [4.78, 5) is 35.1. The zero-order chi connectivity index (χ0) is 20.6. The van der Waals surface area contributed by atoms with E-state index in [9.17, 15) is 9.59 Å². The van der Waals surface area contributed by atoms with Gasteiger partial charge in [-0.1, -0.05) is 30.3 Å². The monoisotopic (exact) mass is 410 g/mol. The highest BCUT2D eigenvalue weighted by molar-refractivity contribution is 7.15. The number of hydrogen-bond acceptors (Lipinski definition) is 5. The summed E-state index contributed by atoms with van der Waals surface area (Å²) in [5.74, 6) is 0.162. The minimum absolute atomic E-state index is 0.0258. The van der Waals surface area contributed by atoms with E-state index < -0.39 is 5.41 Å². The lowest BCUT2D eigenvalue weighted by Gasteiger charge is -2.38. The summed E-state index contributed by atoms with van der Waals surface area (Å²) in [6, 6.07) is 11.6. The number of benzene rings is 1. The Bertz CT molecular complexity index is 1080. The van der Waals surface area contributed by atoms with Crippen molar-refractivity contribution in [2.45, 2.75) is 32.7 Å². The van der Waals surface area contributed by atoms with E-state index in [1.807, 2.05) is 61.4 Å². The van der Waals surface area contributed by atoms with Gasteiger partial charge in [0.2, 0.25) is 5.91 Å². The molecule has 4 rings (SSSR count). The zero-order valence-corrected chi connectivity index (χ0v) is 17.9. The quantitative estimate of drug-likeness (QED) is 0.664. The van der Waals surface area contributed by atoms with Gasteiger partial charge < -0.3 is 4.90 Å². The molecule has 7 heteroatoms. The topological polar surface area (TPSA) is 57.9 Å². The molecule has 1 aliphatic rings. The second-order valence-electron chi connectivity index (χ2n) is 8.14. The van der Waals surface area contributed by atoms with Gasteiger partial charge in [0.25, 0.3) is 5.56 Å². The first-order chi connectivity index (χ1) is 13.9. The third kappa shape index (κ3) is 3.84. The molecule has 0 atom stereocenters. The molecule has 1 saturated heterocycles. The third-order valence-electron chi connectivity index (χ3n) is 5.70. The van der Waals surface area contributed by atoms with Gasteiger partial charge in [-0.2, -0.15) is 0 Å². The first kappa shape index (κ1) is 19.8. The predicted octanol–water partition coefficient (Wildman–Crippen LogP) is 2.69. The zero-order valence-electron chi connectivity index (χ0n) is 17.1. The van der Waals surface area contributed by atoms with Crippen molar-refractivity contribution in [1.29, 1.82) is 0 Å². The van der Waals surface area contributed by atoms with Crippen molar-refractivity contribution in [2.75, 3.05) is 26.2 Å². The maximum atomic E-state index is 13.1. The molecule has 0 radical (unpaired) electrons. The Morgan fingerprint density at radius 3 is 2.52 bits per heavy atom. The molecular weight excluding hydrogens is 384 g/mol. The van der Waals surface area contributed by atoms with Crippen LogP contribution in [0.1, 0.15) is 30.8 Å². The predicted molar refractivity (Wildman–Crippen MR) is 115 cm³/mol. The average Bonchev–Trinajstić information content (AvgIpc) is 3.10. The van der Waals surface area contributed by atoms with Gasteiger partial charge in [-0.25, -0.2) is 4.98 Å². The number of fused-ring (bicyclic) bond motifs is 1. The molecule has 0 aliphatic carbocycles. The molecule has 29 heavy (non-hydrogen) atoms. The Kier molecular flexibility index (Phi) is 5.27. The van der Waals surface area contributed by atoms with Crippen LogP contribution in [0.4, 0.5) is 0 Å². The molecule has 0 unspecified atom stereocenters. The SMILES string of the molecule is Cc1csc2nc(CN3CCN(C(=O)C(C)(C)c4ccccc4)CC3)cc(=O)n12. The number of hydrogen-bond donors (Lipinski definition) is 0. The Morgan fingerprint density at radius 1 is 1.14 bits per heavy atom. The molecule has 152 valence electrons. The lowest BCUT2D eigenvalue weighted by molar-refractivity contribution is -0.138. The van der Waals surface area contributed by atoms with Crippen LogP contribution >= 0.6 is 11.3 Å². The standard InChI is InChI=1S/C22H26N4O2S/c1-16-15-29-21-23-18(13-19(27)26(16)21)14-24-9-11-25(12-10-24)20(28)22(2,3)17-7-5-4-6-8-17/h4-8,13,15H,9-12,14H2,1-3H3. The number of aryl methyl sites for hydroxylation is 1. The van der Waals surface area contributed by atoms with Crippen LogP contribution in [0.5, 0.6) is 0 Å². The molecule has 0 saturated carbocycles. The molecule has 0 bridgehead atoms. The number of nitrogens with zero attached hydrogens (tertiary/aromatic N) is 4. The molecule has 1 aliphatic heterocycles. The minimum atomic E-state index is -0.540. The number of rotatable bonds is 4. The van der Waals surface area contributed by atoms with Crippen LogP contribution in [0.2, 0.25) is 0 Å². The number of piperazine rings is 1. The van der Waals surface area contributed by atoms with Crippen molar-refractivity contribution in [1.82, 2.24) is 19.2 Å². The lowest BCUT2D eigenvalue weighted by Crippen LogP contribution is -2.53. The van der Waals surface area contributed by atoms with E-state index >= 15 is 0 Å². The van der Waals surface area contributed by atoms with Gasteiger partial charge in [0.15, 0.2) is 4.96 Å². The van der Waals surface area contributed by atoms with Crippen LogP contribution in [0.3, 0.4) is 0 Å². The van der Waals surface area contributed by atoms with Gasteiger partial charge in [-0.3, -0.25) is 18.9 Å². The van der Waals surface area contributed by atoms with E-state index in [2.05, 4.69) is 9.88 Å². The molecule has 3 heterocycles. The van der Waals surface area contributed by atoms with Gasteiger partial charge in [-0.15, -0.1) is 11.3 Å². The average molecular weight is 411 g/mol. The molecule has 0 spiro atoms. The molecule has 6 nitrogen and oxygen atoms in total. The summed E-state index contributed by atoms with van der Waals surface area (Å²) in [6.07, 6.45) is 0. The maximum Gasteiger partial charge on any atom is 0.259 e. The number of carbonyl (C=O) groups excluding carboxylic acids is 1. The second kappa shape index (κ2) is 7.72. The highest BCUT2D eigenvalue weighted by atomic mass is 32.1. The molecule has 0 N–H and O–H groups in total. The van der Waals surface area contributed by atoms with Crippen LogP contribution < -0.4 is 5.56 Å². The Morgan fingerprint density at radius 2 is 1.83 bits per heavy atom. The van der Waals surface area contributed by atoms with Crippen molar-refractivity contribution in [3.63, 3.8) is 0 Å². The van der Waals surface area contributed by atoms with E-state index in [4.69, 9.17) is 0 Å². The highest BCUT2D eigenvalue weighted by Gasteiger charge is 2.35. The van der Waals surface area contributed by atoms with Crippen LogP contribution in [-0.4, -0.2) is 51.3 Å². The van der Waals surface area contributed by atoms with Gasteiger partial charge in [0.05, 0.1) is 11.1 Å². The highest BCUT2D eigenvalue weighted by Crippen LogP contribution is 2.26. The molecular formula is C22H26N4O2S. The number of amides is 1. The van der Waals surface area contributed by atoms with E-state index in [0.29, 0.717) is 19.6 Å². The van der Waals surface area contributed by atoms with E-state index in [-0.39, 0.29) is 11.5 Å². The van der Waals surface area contributed by atoms with Crippen LogP contribution in [-0.2, 0) is 16.8 Å². The fourth-order valence-corrected chi connectivity index (χ4v) is 4.78. The van der Waals surface area contributed by atoms with Crippen LogP contribution in [0.15, 0.2) is 46.6 Å². The molecule has 1 amide bonds. The molecule has 3 aromatic rings. The second-order valence-corrected chi connectivity index (χ2v) is 8.98. The first-order valence-corrected chi connectivity index (χ1v) is 10.8. The minimum Gasteiger partial charge on any atom is -0.339 e. The summed E-state index contributed by atoms with van der Waals surface area (Å²) in [6.45, 7) is 9.47. The van der Waals surface area contributed by atoms with Gasteiger partial charge in [0.1, 0.15) is 0 Å². The summed E-state index contributed by atoms with van der Waals surface area (Å²) in [5.41, 5.74) is 2.18.